The molecule has 0 radical (unpaired) electrons. The van der Waals surface area contributed by atoms with Crippen LogP contribution in [0.3, 0.4) is 0 Å². The van der Waals surface area contributed by atoms with Crippen molar-refractivity contribution in [1.29, 1.82) is 0 Å². The Morgan fingerprint density at radius 3 is 2.28 bits per heavy atom. The molecule has 0 aromatic heterocycles. The summed E-state index contributed by atoms with van der Waals surface area (Å²) in [4.78, 5) is 0. The molecule has 0 fully saturated rings. The maximum absolute atomic E-state index is 5.98. The van der Waals surface area contributed by atoms with E-state index in [1.807, 2.05) is 12.1 Å². The third-order valence-electron chi connectivity index (χ3n) is 4.00. The third kappa shape index (κ3) is 2.98. The molecule has 0 amide bonds. The molecular weight excluding hydrogens is 240 g/mol. The molecule has 98 valence electrons. The van der Waals surface area contributed by atoms with Crippen molar-refractivity contribution in [1.82, 2.24) is 0 Å². The van der Waals surface area contributed by atoms with E-state index in [9.17, 15) is 0 Å². The minimum absolute atomic E-state index is 0.454. The van der Waals surface area contributed by atoms with Crippen LogP contribution in [0, 0.1) is 11.3 Å². The van der Waals surface area contributed by atoms with Crippen molar-refractivity contribution in [2.75, 3.05) is 0 Å². The van der Waals surface area contributed by atoms with Crippen molar-refractivity contribution in [3.8, 4) is 0 Å². The normalized spacial score (nSPS) is 19.4. The summed E-state index contributed by atoms with van der Waals surface area (Å²) in [6.45, 7) is 9.39. The van der Waals surface area contributed by atoms with Crippen molar-refractivity contribution in [2.24, 2.45) is 11.3 Å². The van der Waals surface area contributed by atoms with Gasteiger partial charge in [0.25, 0.3) is 0 Å². The first kappa shape index (κ1) is 13.7. The predicted octanol–water partition coefficient (Wildman–Crippen LogP) is 5.96. The lowest BCUT2D eigenvalue weighted by molar-refractivity contribution is 0.313. The lowest BCUT2D eigenvalue weighted by Crippen LogP contribution is -2.20. The van der Waals surface area contributed by atoms with Gasteiger partial charge >= 0.3 is 0 Å². The number of hydrogen-bond acceptors (Lipinski definition) is 0. The minimum Gasteiger partial charge on any atom is -0.0843 e. The van der Waals surface area contributed by atoms with Crippen molar-refractivity contribution in [3.05, 3.63) is 40.4 Å². The van der Waals surface area contributed by atoms with Gasteiger partial charge in [-0.3, -0.25) is 0 Å². The molecule has 1 heteroatoms. The molecule has 0 bridgehead atoms. The molecule has 0 N–H and O–H groups in total. The Balaban J connectivity index is 2.42. The molecule has 0 saturated heterocycles. The molecular formula is C17H23Cl. The van der Waals surface area contributed by atoms with Crippen LogP contribution >= 0.6 is 11.6 Å². The van der Waals surface area contributed by atoms with Gasteiger partial charge in [-0.05, 0) is 53.9 Å². The standard InChI is InChI=1S/C17H23Cl/c1-12(2)16-11-17(3,4)10-9-15(16)13-5-7-14(18)8-6-13/h5-8,12H,9-11H2,1-4H3. The van der Waals surface area contributed by atoms with Crippen molar-refractivity contribution >= 4 is 17.2 Å². The second-order valence-corrected chi connectivity index (χ2v) is 6.94. The lowest BCUT2D eigenvalue weighted by Gasteiger charge is -2.35. The molecule has 1 aromatic carbocycles. The van der Waals surface area contributed by atoms with Crippen LogP contribution in [0.15, 0.2) is 29.8 Å². The van der Waals surface area contributed by atoms with Gasteiger partial charge in [-0.2, -0.15) is 0 Å². The lowest BCUT2D eigenvalue weighted by atomic mass is 9.70. The molecule has 0 atom stereocenters. The highest BCUT2D eigenvalue weighted by molar-refractivity contribution is 6.30. The summed E-state index contributed by atoms with van der Waals surface area (Å²) in [5, 5.41) is 0.821. The van der Waals surface area contributed by atoms with Crippen LogP contribution in [-0.2, 0) is 0 Å². The van der Waals surface area contributed by atoms with E-state index in [-0.39, 0.29) is 0 Å². The summed E-state index contributed by atoms with van der Waals surface area (Å²) in [6.07, 6.45) is 3.70. The highest BCUT2D eigenvalue weighted by Gasteiger charge is 2.28. The minimum atomic E-state index is 0.454. The van der Waals surface area contributed by atoms with E-state index in [2.05, 4.69) is 39.8 Å². The van der Waals surface area contributed by atoms with Gasteiger partial charge in [-0.1, -0.05) is 57.0 Å². The maximum Gasteiger partial charge on any atom is 0.0406 e. The molecule has 1 aliphatic carbocycles. The maximum atomic E-state index is 5.98. The molecule has 1 aliphatic rings. The predicted molar refractivity (Wildman–Crippen MR) is 80.8 cm³/mol. The van der Waals surface area contributed by atoms with Gasteiger partial charge in [0.15, 0.2) is 0 Å². The zero-order valence-electron chi connectivity index (χ0n) is 11.9. The summed E-state index contributed by atoms with van der Waals surface area (Å²) in [7, 11) is 0. The van der Waals surface area contributed by atoms with Crippen LogP contribution in [-0.4, -0.2) is 0 Å². The van der Waals surface area contributed by atoms with Crippen LogP contribution < -0.4 is 0 Å². The topological polar surface area (TPSA) is 0 Å². The van der Waals surface area contributed by atoms with E-state index in [0.29, 0.717) is 11.3 Å². The smallest absolute Gasteiger partial charge is 0.0406 e. The number of allylic oxidation sites excluding steroid dienone is 2. The molecule has 0 nitrogen and oxygen atoms in total. The second kappa shape index (κ2) is 5.09. The Hall–Kier alpha value is -0.750. The van der Waals surface area contributed by atoms with Crippen molar-refractivity contribution in [3.63, 3.8) is 0 Å². The largest absolute Gasteiger partial charge is 0.0843 e. The molecule has 2 rings (SSSR count). The van der Waals surface area contributed by atoms with E-state index >= 15 is 0 Å². The average molecular weight is 263 g/mol. The Bertz CT molecular complexity index is 449. The third-order valence-corrected chi connectivity index (χ3v) is 4.25. The van der Waals surface area contributed by atoms with Crippen molar-refractivity contribution < 1.29 is 0 Å². The van der Waals surface area contributed by atoms with Gasteiger partial charge in [0.05, 0.1) is 0 Å². The Morgan fingerprint density at radius 2 is 1.72 bits per heavy atom. The summed E-state index contributed by atoms with van der Waals surface area (Å²) in [5.74, 6) is 0.634. The van der Waals surface area contributed by atoms with Gasteiger partial charge in [0, 0.05) is 5.02 Å². The van der Waals surface area contributed by atoms with E-state index < -0.39 is 0 Å². The van der Waals surface area contributed by atoms with Crippen LogP contribution in [0.4, 0.5) is 0 Å². The summed E-state index contributed by atoms with van der Waals surface area (Å²) < 4.78 is 0. The highest BCUT2D eigenvalue weighted by Crippen LogP contribution is 2.44. The first-order chi connectivity index (χ1) is 8.39. The zero-order chi connectivity index (χ0) is 13.3. The molecule has 0 aliphatic heterocycles. The summed E-state index contributed by atoms with van der Waals surface area (Å²) in [5.41, 5.74) is 5.00. The SMILES string of the molecule is CC(C)C1=C(c2ccc(Cl)cc2)CCC(C)(C)C1. The van der Waals surface area contributed by atoms with Crippen molar-refractivity contribution in [2.45, 2.75) is 47.0 Å². The Morgan fingerprint density at radius 1 is 1.11 bits per heavy atom. The first-order valence-electron chi connectivity index (χ1n) is 6.87. The zero-order valence-corrected chi connectivity index (χ0v) is 12.6. The summed E-state index contributed by atoms with van der Waals surface area (Å²) in [6, 6.07) is 8.33. The monoisotopic (exact) mass is 262 g/mol. The molecule has 18 heavy (non-hydrogen) atoms. The molecule has 0 unspecified atom stereocenters. The highest BCUT2D eigenvalue weighted by atomic mass is 35.5. The molecule has 0 spiro atoms. The van der Waals surface area contributed by atoms with E-state index in [0.717, 1.165) is 5.02 Å². The Kier molecular flexibility index (Phi) is 3.87. The van der Waals surface area contributed by atoms with Crippen LogP contribution in [0.25, 0.3) is 5.57 Å². The number of halogens is 1. The van der Waals surface area contributed by atoms with Crippen LogP contribution in [0.5, 0.6) is 0 Å². The van der Waals surface area contributed by atoms with Crippen LogP contribution in [0.1, 0.15) is 52.5 Å². The quantitative estimate of drug-likeness (QED) is 0.617. The summed E-state index contributed by atoms with van der Waals surface area (Å²) >= 11 is 5.98. The van der Waals surface area contributed by atoms with E-state index in [4.69, 9.17) is 11.6 Å². The second-order valence-electron chi connectivity index (χ2n) is 6.51. The van der Waals surface area contributed by atoms with E-state index in [1.165, 1.54) is 24.8 Å². The fraction of sp³-hybridized carbons (Fsp3) is 0.529. The van der Waals surface area contributed by atoms with E-state index in [1.54, 1.807) is 11.1 Å². The fourth-order valence-electron chi connectivity index (χ4n) is 2.87. The molecule has 0 heterocycles. The van der Waals surface area contributed by atoms with Gasteiger partial charge < -0.3 is 0 Å². The van der Waals surface area contributed by atoms with Gasteiger partial charge in [-0.15, -0.1) is 0 Å². The average Bonchev–Trinajstić information content (AvgIpc) is 2.29. The van der Waals surface area contributed by atoms with Gasteiger partial charge in [0.1, 0.15) is 0 Å². The number of hydrogen-bond donors (Lipinski definition) is 0. The number of benzene rings is 1. The van der Waals surface area contributed by atoms with Gasteiger partial charge in [0.2, 0.25) is 0 Å². The number of rotatable bonds is 2. The van der Waals surface area contributed by atoms with Gasteiger partial charge in [-0.25, -0.2) is 0 Å². The Labute approximate surface area is 116 Å². The first-order valence-corrected chi connectivity index (χ1v) is 7.25. The molecule has 0 saturated carbocycles. The fourth-order valence-corrected chi connectivity index (χ4v) is 2.99. The van der Waals surface area contributed by atoms with Crippen LogP contribution in [0.2, 0.25) is 5.02 Å². The molecule has 1 aromatic rings.